The zero-order valence-electron chi connectivity index (χ0n) is 12.9. The molecule has 0 saturated heterocycles. The summed E-state index contributed by atoms with van der Waals surface area (Å²) < 4.78 is 1.76. The number of nitrogens with two attached hydrogens (primary N) is 1. The molecule has 0 bridgehead atoms. The van der Waals surface area contributed by atoms with E-state index in [9.17, 15) is 4.79 Å². The van der Waals surface area contributed by atoms with E-state index in [-0.39, 0.29) is 5.56 Å². The molecular weight excluding hydrogens is 286 g/mol. The van der Waals surface area contributed by atoms with E-state index in [1.54, 1.807) is 22.8 Å². The van der Waals surface area contributed by atoms with Gasteiger partial charge in [-0.2, -0.15) is 0 Å². The van der Waals surface area contributed by atoms with Crippen molar-refractivity contribution in [2.75, 3.05) is 5.73 Å². The Morgan fingerprint density at radius 1 is 1.22 bits per heavy atom. The van der Waals surface area contributed by atoms with Crippen LogP contribution in [0.1, 0.15) is 23.4 Å². The molecule has 0 amide bonds. The zero-order chi connectivity index (χ0) is 16.0. The Kier molecular flexibility index (Phi) is 3.05. The summed E-state index contributed by atoms with van der Waals surface area (Å²) in [5.41, 5.74) is 10.6. The largest absolute Gasteiger partial charge is 0.399 e. The van der Waals surface area contributed by atoms with Crippen LogP contribution in [0.3, 0.4) is 0 Å². The molecular formula is C19H17N3O. The third kappa shape index (κ3) is 2.32. The second-order valence-corrected chi connectivity index (χ2v) is 6.00. The van der Waals surface area contributed by atoms with Crippen LogP contribution in [0.5, 0.6) is 0 Å². The van der Waals surface area contributed by atoms with Crippen molar-refractivity contribution in [3.05, 3.63) is 69.8 Å². The van der Waals surface area contributed by atoms with Gasteiger partial charge in [-0.05, 0) is 48.8 Å². The molecule has 0 aliphatic carbocycles. The van der Waals surface area contributed by atoms with Gasteiger partial charge >= 0.3 is 0 Å². The van der Waals surface area contributed by atoms with E-state index in [0.29, 0.717) is 23.1 Å². The first kappa shape index (κ1) is 13.8. The Morgan fingerprint density at radius 2 is 2.09 bits per heavy atom. The maximum atomic E-state index is 12.6. The molecule has 0 spiro atoms. The summed E-state index contributed by atoms with van der Waals surface area (Å²) in [5.74, 6) is 0.759. The van der Waals surface area contributed by atoms with E-state index in [0.717, 1.165) is 23.4 Å². The van der Waals surface area contributed by atoms with Crippen LogP contribution in [0.25, 0.3) is 22.6 Å². The van der Waals surface area contributed by atoms with Crippen LogP contribution in [-0.4, -0.2) is 9.55 Å². The molecule has 0 saturated carbocycles. The fraction of sp³-hybridized carbons (Fsp3) is 0.158. The summed E-state index contributed by atoms with van der Waals surface area (Å²) >= 11 is 0. The van der Waals surface area contributed by atoms with Gasteiger partial charge in [-0.1, -0.05) is 29.8 Å². The van der Waals surface area contributed by atoms with Crippen LogP contribution in [0.2, 0.25) is 0 Å². The van der Waals surface area contributed by atoms with E-state index in [2.05, 4.69) is 31.2 Å². The maximum Gasteiger partial charge on any atom is 0.261 e. The highest BCUT2D eigenvalue weighted by Gasteiger charge is 2.20. The molecule has 0 fully saturated rings. The smallest absolute Gasteiger partial charge is 0.261 e. The number of aromatic nitrogens is 2. The number of benzene rings is 2. The first-order valence-electron chi connectivity index (χ1n) is 7.69. The van der Waals surface area contributed by atoms with E-state index in [1.165, 1.54) is 5.56 Å². The van der Waals surface area contributed by atoms with Gasteiger partial charge in [-0.3, -0.25) is 9.36 Å². The van der Waals surface area contributed by atoms with Crippen molar-refractivity contribution < 1.29 is 0 Å². The lowest BCUT2D eigenvalue weighted by Gasteiger charge is -2.06. The summed E-state index contributed by atoms with van der Waals surface area (Å²) in [7, 11) is 0. The Morgan fingerprint density at radius 3 is 2.91 bits per heavy atom. The average Bonchev–Trinajstić information content (AvgIpc) is 2.90. The van der Waals surface area contributed by atoms with Crippen molar-refractivity contribution in [1.82, 2.24) is 9.55 Å². The monoisotopic (exact) mass is 303 g/mol. The van der Waals surface area contributed by atoms with Gasteiger partial charge in [0.05, 0.1) is 10.9 Å². The van der Waals surface area contributed by atoms with Crippen molar-refractivity contribution in [3.63, 3.8) is 0 Å². The normalized spacial score (nSPS) is 15.3. The lowest BCUT2D eigenvalue weighted by molar-refractivity contribution is 0.725. The van der Waals surface area contributed by atoms with Gasteiger partial charge < -0.3 is 5.73 Å². The first-order chi connectivity index (χ1) is 11.1. The average molecular weight is 303 g/mol. The molecule has 2 N–H and O–H groups in total. The summed E-state index contributed by atoms with van der Waals surface area (Å²) in [6, 6.07) is 13.6. The van der Waals surface area contributed by atoms with Crippen LogP contribution < -0.4 is 11.3 Å². The third-order valence-electron chi connectivity index (χ3n) is 4.25. The van der Waals surface area contributed by atoms with E-state index >= 15 is 0 Å². The molecule has 2 heterocycles. The van der Waals surface area contributed by atoms with Crippen molar-refractivity contribution in [2.24, 2.45) is 0 Å². The fourth-order valence-corrected chi connectivity index (χ4v) is 3.13. The van der Waals surface area contributed by atoms with Crippen LogP contribution in [0, 0.1) is 6.92 Å². The van der Waals surface area contributed by atoms with Crippen LogP contribution in [0.15, 0.2) is 47.3 Å². The maximum absolute atomic E-state index is 12.6. The van der Waals surface area contributed by atoms with Crippen molar-refractivity contribution in [3.8, 4) is 0 Å². The van der Waals surface area contributed by atoms with E-state index in [4.69, 9.17) is 10.7 Å². The minimum atomic E-state index is 0.0117. The van der Waals surface area contributed by atoms with Gasteiger partial charge in [0, 0.05) is 12.2 Å². The predicted octanol–water partition coefficient (Wildman–Crippen LogP) is 3.23. The predicted molar refractivity (Wildman–Crippen MR) is 94.1 cm³/mol. The molecule has 1 aliphatic rings. The van der Waals surface area contributed by atoms with Gasteiger partial charge in [-0.15, -0.1) is 0 Å². The third-order valence-corrected chi connectivity index (χ3v) is 4.25. The minimum Gasteiger partial charge on any atom is -0.399 e. The number of hydrogen-bond acceptors (Lipinski definition) is 3. The molecule has 0 radical (unpaired) electrons. The highest BCUT2D eigenvalue weighted by Crippen LogP contribution is 2.28. The lowest BCUT2D eigenvalue weighted by Crippen LogP contribution is -2.20. The summed E-state index contributed by atoms with van der Waals surface area (Å²) in [6.45, 7) is 2.75. The highest BCUT2D eigenvalue weighted by atomic mass is 16.1. The number of anilines is 1. The van der Waals surface area contributed by atoms with Gasteiger partial charge in [0.2, 0.25) is 0 Å². The Balaban J connectivity index is 1.91. The molecule has 0 unspecified atom stereocenters. The van der Waals surface area contributed by atoms with E-state index < -0.39 is 0 Å². The number of fused-ring (bicyclic) bond motifs is 2. The lowest BCUT2D eigenvalue weighted by atomic mass is 10.1. The molecule has 0 atom stereocenters. The van der Waals surface area contributed by atoms with Gasteiger partial charge in [0.1, 0.15) is 5.82 Å². The molecule has 4 nitrogen and oxygen atoms in total. The number of hydrogen-bond donors (Lipinski definition) is 1. The topological polar surface area (TPSA) is 60.9 Å². The first-order valence-corrected chi connectivity index (χ1v) is 7.69. The van der Waals surface area contributed by atoms with Crippen molar-refractivity contribution in [1.29, 1.82) is 0 Å². The molecule has 23 heavy (non-hydrogen) atoms. The van der Waals surface area contributed by atoms with E-state index in [1.807, 2.05) is 6.07 Å². The Labute approximate surface area is 133 Å². The van der Waals surface area contributed by atoms with Crippen molar-refractivity contribution in [2.45, 2.75) is 19.9 Å². The van der Waals surface area contributed by atoms with Gasteiger partial charge in [0.25, 0.3) is 5.56 Å². The van der Waals surface area contributed by atoms with Crippen LogP contribution in [0.4, 0.5) is 5.69 Å². The van der Waals surface area contributed by atoms with Crippen LogP contribution in [-0.2, 0) is 6.54 Å². The summed E-state index contributed by atoms with van der Waals surface area (Å²) in [4.78, 5) is 17.3. The molecule has 1 aromatic heterocycles. The van der Waals surface area contributed by atoms with Crippen molar-refractivity contribution >= 4 is 28.2 Å². The van der Waals surface area contributed by atoms with Gasteiger partial charge in [0.15, 0.2) is 0 Å². The number of rotatable bonds is 1. The quantitative estimate of drug-likeness (QED) is 0.702. The standard InChI is InChI=1S/C19H17N3O/c1-12-3-2-4-13(9-12)10-14-7-8-22-18(14)21-17-11-15(20)5-6-16(17)19(22)23/h2-6,9-11H,7-8,20H2,1H3/b14-10+. The molecule has 3 aromatic rings. The zero-order valence-corrected chi connectivity index (χ0v) is 12.9. The molecule has 1 aliphatic heterocycles. The number of nitrogen functional groups attached to an aromatic ring is 1. The number of aryl methyl sites for hydroxylation is 1. The summed E-state index contributed by atoms with van der Waals surface area (Å²) in [5, 5.41) is 0.625. The number of allylic oxidation sites excluding steroid dienone is 1. The highest BCUT2D eigenvalue weighted by molar-refractivity contribution is 5.86. The SMILES string of the molecule is Cc1cccc(/C=C2\CCn3c2nc2cc(N)ccc2c3=O)c1. The number of nitrogens with zero attached hydrogens (tertiary/aromatic N) is 2. The fourth-order valence-electron chi connectivity index (χ4n) is 3.13. The Hall–Kier alpha value is -2.88. The minimum absolute atomic E-state index is 0.0117. The molecule has 114 valence electrons. The molecule has 2 aromatic carbocycles. The van der Waals surface area contributed by atoms with Gasteiger partial charge in [-0.25, -0.2) is 4.98 Å². The van der Waals surface area contributed by atoms with Crippen LogP contribution >= 0.6 is 0 Å². The summed E-state index contributed by atoms with van der Waals surface area (Å²) in [6.07, 6.45) is 2.94. The molecule has 4 rings (SSSR count). The Bertz CT molecular complexity index is 1010. The molecule has 4 heteroatoms. The second-order valence-electron chi connectivity index (χ2n) is 6.00. The second kappa shape index (κ2) is 5.09.